The molecule has 1 nitrogen and oxygen atoms in total. The largest absolute Gasteiger partial charge is 0.300 e. The maximum Gasteiger partial charge on any atom is 0.129 e. The number of hydrogen-bond acceptors (Lipinski definition) is 1. The maximum absolute atomic E-state index is 10.7. The van der Waals surface area contributed by atoms with Crippen LogP contribution in [0.1, 0.15) is 45.4 Å². The van der Waals surface area contributed by atoms with Gasteiger partial charge in [0.05, 0.1) is 0 Å². The molecule has 0 saturated heterocycles. The zero-order valence-electron chi connectivity index (χ0n) is 9.74. The van der Waals surface area contributed by atoms with Crippen LogP contribution in [0, 0.1) is 0 Å². The summed E-state index contributed by atoms with van der Waals surface area (Å²) < 4.78 is 0. The lowest BCUT2D eigenvalue weighted by atomic mass is 10.1. The number of hydrogen-bond donors (Lipinski definition) is 0. The van der Waals surface area contributed by atoms with E-state index in [1.54, 1.807) is 13.0 Å². The van der Waals surface area contributed by atoms with Crippen molar-refractivity contribution in [3.63, 3.8) is 0 Å². The third-order valence-electron chi connectivity index (χ3n) is 2.14. The smallest absolute Gasteiger partial charge is 0.129 e. The quantitative estimate of drug-likeness (QED) is 0.408. The van der Waals surface area contributed by atoms with Gasteiger partial charge in [-0.2, -0.15) is 0 Å². The first-order valence-corrected chi connectivity index (χ1v) is 5.71. The Morgan fingerprint density at radius 3 is 2.47 bits per heavy atom. The van der Waals surface area contributed by atoms with Crippen molar-refractivity contribution >= 4 is 5.78 Å². The average Bonchev–Trinajstić information content (AvgIpc) is 2.20. The minimum atomic E-state index is 0.310. The fraction of sp³-hybridized carbons (Fsp3) is 0.500. The summed E-state index contributed by atoms with van der Waals surface area (Å²) in [7, 11) is 0. The second kappa shape index (κ2) is 11.0. The van der Waals surface area contributed by atoms with Crippen LogP contribution in [0.15, 0.2) is 37.0 Å². The van der Waals surface area contributed by atoms with Gasteiger partial charge in [-0.25, -0.2) is 0 Å². The summed E-state index contributed by atoms with van der Waals surface area (Å²) in [4.78, 5) is 10.7. The van der Waals surface area contributed by atoms with E-state index in [0.717, 1.165) is 19.3 Å². The fourth-order valence-electron chi connectivity index (χ4n) is 1.31. The number of ketones is 1. The van der Waals surface area contributed by atoms with Gasteiger partial charge in [0.1, 0.15) is 5.78 Å². The molecule has 1 heteroatoms. The van der Waals surface area contributed by atoms with Crippen LogP contribution in [-0.2, 0) is 4.79 Å². The SMILES string of the molecule is C=CC=CC=CCCCCCCC(C)=O. The van der Waals surface area contributed by atoms with Crippen LogP contribution in [-0.4, -0.2) is 5.78 Å². The summed E-state index contributed by atoms with van der Waals surface area (Å²) in [6, 6.07) is 0. The van der Waals surface area contributed by atoms with E-state index in [9.17, 15) is 4.79 Å². The van der Waals surface area contributed by atoms with E-state index in [0.29, 0.717) is 5.78 Å². The molecule has 0 N–H and O–H groups in total. The van der Waals surface area contributed by atoms with Crippen LogP contribution in [0.4, 0.5) is 0 Å². The second-order valence-corrected chi connectivity index (χ2v) is 3.70. The fourth-order valence-corrected chi connectivity index (χ4v) is 1.31. The summed E-state index contributed by atoms with van der Waals surface area (Å²) in [6.45, 7) is 5.26. The van der Waals surface area contributed by atoms with Gasteiger partial charge >= 0.3 is 0 Å². The number of unbranched alkanes of at least 4 members (excludes halogenated alkanes) is 4. The summed E-state index contributed by atoms with van der Waals surface area (Å²) in [5.41, 5.74) is 0. The molecule has 0 heterocycles. The lowest BCUT2D eigenvalue weighted by Crippen LogP contribution is -1.88. The Balaban J connectivity index is 3.17. The molecule has 0 aliphatic rings. The van der Waals surface area contributed by atoms with Crippen LogP contribution in [0.25, 0.3) is 0 Å². The van der Waals surface area contributed by atoms with Crippen molar-refractivity contribution in [2.45, 2.75) is 45.4 Å². The molecule has 0 aromatic carbocycles. The zero-order chi connectivity index (χ0) is 11.4. The predicted octanol–water partition coefficient (Wildman–Crippen LogP) is 4.21. The van der Waals surface area contributed by atoms with Crippen molar-refractivity contribution in [3.8, 4) is 0 Å². The molecule has 0 amide bonds. The van der Waals surface area contributed by atoms with E-state index in [-0.39, 0.29) is 0 Å². The first-order valence-electron chi connectivity index (χ1n) is 5.71. The molecule has 84 valence electrons. The minimum absolute atomic E-state index is 0.310. The predicted molar refractivity (Wildman–Crippen MR) is 66.9 cm³/mol. The minimum Gasteiger partial charge on any atom is -0.300 e. The average molecular weight is 206 g/mol. The highest BCUT2D eigenvalue weighted by atomic mass is 16.1. The lowest BCUT2D eigenvalue weighted by Gasteiger charge is -1.96. The Morgan fingerprint density at radius 2 is 1.80 bits per heavy atom. The number of Topliss-reactive ketones (excluding diaryl/α,β-unsaturated/α-hetero) is 1. The first-order chi connectivity index (χ1) is 7.27. The van der Waals surface area contributed by atoms with Gasteiger partial charge in [0.15, 0.2) is 0 Å². The van der Waals surface area contributed by atoms with Gasteiger partial charge in [0.2, 0.25) is 0 Å². The number of carbonyl (C=O) groups excluding carboxylic acids is 1. The van der Waals surface area contributed by atoms with Crippen molar-refractivity contribution in [1.29, 1.82) is 0 Å². The Bertz CT molecular complexity index is 223. The van der Waals surface area contributed by atoms with Gasteiger partial charge in [-0.3, -0.25) is 0 Å². The summed E-state index contributed by atoms with van der Waals surface area (Å²) in [5.74, 6) is 0.310. The number of allylic oxidation sites excluding steroid dienone is 5. The molecule has 0 bridgehead atoms. The van der Waals surface area contributed by atoms with Crippen LogP contribution < -0.4 is 0 Å². The highest BCUT2D eigenvalue weighted by Crippen LogP contribution is 2.06. The number of rotatable bonds is 9. The summed E-state index contributed by atoms with van der Waals surface area (Å²) >= 11 is 0. The molecular formula is C14H22O. The van der Waals surface area contributed by atoms with E-state index in [2.05, 4.69) is 18.7 Å². The molecule has 0 atom stereocenters. The van der Waals surface area contributed by atoms with Crippen molar-refractivity contribution in [2.75, 3.05) is 0 Å². The molecular weight excluding hydrogens is 184 g/mol. The third kappa shape index (κ3) is 12.9. The van der Waals surface area contributed by atoms with E-state index in [1.807, 2.05) is 12.2 Å². The van der Waals surface area contributed by atoms with Gasteiger partial charge in [0, 0.05) is 6.42 Å². The Labute approximate surface area is 93.6 Å². The molecule has 0 unspecified atom stereocenters. The van der Waals surface area contributed by atoms with Crippen LogP contribution in [0.2, 0.25) is 0 Å². The van der Waals surface area contributed by atoms with E-state index in [4.69, 9.17) is 0 Å². The third-order valence-corrected chi connectivity index (χ3v) is 2.14. The van der Waals surface area contributed by atoms with Gasteiger partial charge in [-0.1, -0.05) is 49.8 Å². The second-order valence-electron chi connectivity index (χ2n) is 3.70. The molecule has 0 saturated carbocycles. The highest BCUT2D eigenvalue weighted by molar-refractivity contribution is 5.75. The maximum atomic E-state index is 10.7. The van der Waals surface area contributed by atoms with Crippen LogP contribution >= 0.6 is 0 Å². The first kappa shape index (κ1) is 13.9. The molecule has 0 rings (SSSR count). The molecule has 0 aromatic rings. The molecule has 0 spiro atoms. The lowest BCUT2D eigenvalue weighted by molar-refractivity contribution is -0.117. The molecule has 0 radical (unpaired) electrons. The van der Waals surface area contributed by atoms with Crippen molar-refractivity contribution in [1.82, 2.24) is 0 Å². The Kier molecular flexibility index (Phi) is 10.2. The summed E-state index contributed by atoms with van der Waals surface area (Å²) in [6.07, 6.45) is 16.4. The van der Waals surface area contributed by atoms with Gasteiger partial charge in [0.25, 0.3) is 0 Å². The van der Waals surface area contributed by atoms with Crippen LogP contribution in [0.5, 0.6) is 0 Å². The standard InChI is InChI=1S/C14H22O/c1-3-4-5-6-7-8-9-10-11-12-13-14(2)15/h3-7H,1,8-13H2,2H3. The topological polar surface area (TPSA) is 17.1 Å². The molecule has 0 aliphatic heterocycles. The van der Waals surface area contributed by atoms with Crippen molar-refractivity contribution in [3.05, 3.63) is 37.0 Å². The van der Waals surface area contributed by atoms with E-state index < -0.39 is 0 Å². The molecule has 0 fully saturated rings. The van der Waals surface area contributed by atoms with Crippen molar-refractivity contribution in [2.24, 2.45) is 0 Å². The highest BCUT2D eigenvalue weighted by Gasteiger charge is 1.92. The van der Waals surface area contributed by atoms with Gasteiger partial charge < -0.3 is 4.79 Å². The number of carbonyl (C=O) groups is 1. The monoisotopic (exact) mass is 206 g/mol. The normalized spacial score (nSPS) is 11.3. The Morgan fingerprint density at radius 1 is 1.07 bits per heavy atom. The van der Waals surface area contributed by atoms with Crippen molar-refractivity contribution < 1.29 is 4.79 Å². The van der Waals surface area contributed by atoms with E-state index in [1.165, 1.54) is 19.3 Å². The molecule has 0 aliphatic carbocycles. The summed E-state index contributed by atoms with van der Waals surface area (Å²) in [5, 5.41) is 0. The Hall–Kier alpha value is -1.11. The van der Waals surface area contributed by atoms with Gasteiger partial charge in [-0.15, -0.1) is 0 Å². The zero-order valence-corrected chi connectivity index (χ0v) is 9.74. The van der Waals surface area contributed by atoms with Gasteiger partial charge in [-0.05, 0) is 26.2 Å². The van der Waals surface area contributed by atoms with E-state index >= 15 is 0 Å². The molecule has 0 aromatic heterocycles. The molecule has 15 heavy (non-hydrogen) atoms. The van der Waals surface area contributed by atoms with Crippen LogP contribution in [0.3, 0.4) is 0 Å².